The number of benzene rings is 1. The molecule has 0 fully saturated rings. The number of thioether (sulfide) groups is 1. The van der Waals surface area contributed by atoms with Crippen molar-refractivity contribution in [3.63, 3.8) is 0 Å². The molecule has 19 heavy (non-hydrogen) atoms. The standard InChI is InChI=1S/C13H19FN2O2S/c1-13(18,9-19-2)8-16-12(17)15-7-10-3-5-11(14)6-4-10/h3-6,18H,7-9H2,1-2H3,(H2,15,16,17)/t13-/m0/s1. The van der Waals surface area contributed by atoms with Crippen LogP contribution in [0.15, 0.2) is 24.3 Å². The maximum absolute atomic E-state index is 12.7. The number of rotatable bonds is 6. The molecule has 0 bridgehead atoms. The van der Waals surface area contributed by atoms with E-state index in [0.717, 1.165) is 5.56 Å². The molecule has 0 saturated heterocycles. The van der Waals surface area contributed by atoms with Gasteiger partial charge in [-0.1, -0.05) is 12.1 Å². The summed E-state index contributed by atoms with van der Waals surface area (Å²) in [4.78, 5) is 11.5. The van der Waals surface area contributed by atoms with Crippen LogP contribution in [-0.4, -0.2) is 35.3 Å². The summed E-state index contributed by atoms with van der Waals surface area (Å²) >= 11 is 1.51. The van der Waals surface area contributed by atoms with Crippen molar-refractivity contribution in [1.82, 2.24) is 10.6 Å². The van der Waals surface area contributed by atoms with E-state index in [2.05, 4.69) is 10.6 Å². The zero-order chi connectivity index (χ0) is 14.3. The third-order valence-corrected chi connectivity index (χ3v) is 3.36. The first-order valence-electron chi connectivity index (χ1n) is 5.90. The summed E-state index contributed by atoms with van der Waals surface area (Å²) < 4.78 is 12.7. The molecule has 106 valence electrons. The highest BCUT2D eigenvalue weighted by Gasteiger charge is 2.20. The van der Waals surface area contributed by atoms with Gasteiger partial charge in [-0.3, -0.25) is 0 Å². The van der Waals surface area contributed by atoms with Crippen LogP contribution in [0.5, 0.6) is 0 Å². The third kappa shape index (κ3) is 6.45. The molecule has 0 aliphatic rings. The predicted molar refractivity (Wildman–Crippen MR) is 75.6 cm³/mol. The monoisotopic (exact) mass is 286 g/mol. The minimum atomic E-state index is -0.924. The molecule has 1 rings (SSSR count). The Morgan fingerprint density at radius 3 is 2.58 bits per heavy atom. The Hall–Kier alpha value is -1.27. The van der Waals surface area contributed by atoms with Crippen molar-refractivity contribution < 1.29 is 14.3 Å². The number of aliphatic hydroxyl groups is 1. The van der Waals surface area contributed by atoms with Crippen molar-refractivity contribution in [2.24, 2.45) is 0 Å². The topological polar surface area (TPSA) is 61.4 Å². The number of halogens is 1. The number of nitrogens with one attached hydrogen (secondary N) is 2. The first-order chi connectivity index (χ1) is 8.93. The van der Waals surface area contributed by atoms with Crippen LogP contribution in [0.2, 0.25) is 0 Å². The molecule has 6 heteroatoms. The Balaban J connectivity index is 2.30. The minimum Gasteiger partial charge on any atom is -0.387 e. The molecule has 2 amide bonds. The first kappa shape index (κ1) is 15.8. The fourth-order valence-corrected chi connectivity index (χ4v) is 2.20. The lowest BCUT2D eigenvalue weighted by atomic mass is 10.1. The molecule has 1 aromatic carbocycles. The number of carbonyl (C=O) groups is 1. The molecular formula is C13H19FN2O2S. The molecule has 4 nitrogen and oxygen atoms in total. The lowest BCUT2D eigenvalue weighted by Crippen LogP contribution is -2.45. The number of hydrogen-bond acceptors (Lipinski definition) is 3. The normalized spacial score (nSPS) is 13.7. The molecule has 1 aromatic rings. The van der Waals surface area contributed by atoms with Gasteiger partial charge in [0, 0.05) is 18.8 Å². The van der Waals surface area contributed by atoms with Crippen LogP contribution in [0.1, 0.15) is 12.5 Å². The van der Waals surface area contributed by atoms with E-state index < -0.39 is 5.60 Å². The van der Waals surface area contributed by atoms with Gasteiger partial charge in [-0.05, 0) is 30.9 Å². The minimum absolute atomic E-state index is 0.184. The van der Waals surface area contributed by atoms with Gasteiger partial charge >= 0.3 is 6.03 Å². The summed E-state index contributed by atoms with van der Waals surface area (Å²) in [6, 6.07) is 5.56. The van der Waals surface area contributed by atoms with Crippen molar-refractivity contribution in [3.05, 3.63) is 35.6 Å². The molecule has 0 aliphatic heterocycles. The highest BCUT2D eigenvalue weighted by atomic mass is 32.2. The zero-order valence-electron chi connectivity index (χ0n) is 11.1. The van der Waals surface area contributed by atoms with E-state index in [1.54, 1.807) is 19.1 Å². The highest BCUT2D eigenvalue weighted by Crippen LogP contribution is 2.08. The van der Waals surface area contributed by atoms with Crippen LogP contribution in [0.3, 0.4) is 0 Å². The molecule has 0 spiro atoms. The van der Waals surface area contributed by atoms with E-state index in [0.29, 0.717) is 12.3 Å². The molecule has 3 N–H and O–H groups in total. The van der Waals surface area contributed by atoms with Crippen LogP contribution < -0.4 is 10.6 Å². The Kier molecular flexibility index (Phi) is 6.11. The van der Waals surface area contributed by atoms with Gasteiger partial charge in [-0.15, -0.1) is 0 Å². The average molecular weight is 286 g/mol. The second kappa shape index (κ2) is 7.35. The SMILES string of the molecule is CSC[C@@](C)(O)CNC(=O)NCc1ccc(F)cc1. The van der Waals surface area contributed by atoms with Crippen LogP contribution >= 0.6 is 11.8 Å². The van der Waals surface area contributed by atoms with Gasteiger partial charge in [0.2, 0.25) is 0 Å². The summed E-state index contributed by atoms with van der Waals surface area (Å²) in [6.45, 7) is 2.17. The fraction of sp³-hybridized carbons (Fsp3) is 0.462. The average Bonchev–Trinajstić information content (AvgIpc) is 2.36. The largest absolute Gasteiger partial charge is 0.387 e. The summed E-state index contributed by atoms with van der Waals surface area (Å²) in [5.41, 5.74) is -0.112. The molecule has 0 saturated carbocycles. The summed E-state index contributed by atoms with van der Waals surface area (Å²) in [7, 11) is 0. The lowest BCUT2D eigenvalue weighted by molar-refractivity contribution is 0.0869. The van der Waals surface area contributed by atoms with E-state index in [-0.39, 0.29) is 18.4 Å². The Morgan fingerprint density at radius 1 is 1.37 bits per heavy atom. The maximum atomic E-state index is 12.7. The molecule has 0 heterocycles. The zero-order valence-corrected chi connectivity index (χ0v) is 11.9. The number of amides is 2. The van der Waals surface area contributed by atoms with E-state index in [4.69, 9.17) is 0 Å². The maximum Gasteiger partial charge on any atom is 0.315 e. The smallest absolute Gasteiger partial charge is 0.315 e. The fourth-order valence-electron chi connectivity index (χ4n) is 1.48. The van der Waals surface area contributed by atoms with Gasteiger partial charge in [-0.25, -0.2) is 9.18 Å². The third-order valence-electron chi connectivity index (χ3n) is 2.45. The van der Waals surface area contributed by atoms with Gasteiger partial charge in [0.25, 0.3) is 0 Å². The molecule has 0 aliphatic carbocycles. The number of hydrogen-bond donors (Lipinski definition) is 3. The van der Waals surface area contributed by atoms with E-state index in [1.165, 1.54) is 23.9 Å². The summed E-state index contributed by atoms with van der Waals surface area (Å²) in [5, 5.41) is 15.1. The molecule has 0 aromatic heterocycles. The van der Waals surface area contributed by atoms with Crippen LogP contribution in [-0.2, 0) is 6.54 Å². The van der Waals surface area contributed by atoms with Crippen molar-refractivity contribution in [2.45, 2.75) is 19.1 Å². The highest BCUT2D eigenvalue weighted by molar-refractivity contribution is 7.98. The Bertz CT molecular complexity index is 410. The summed E-state index contributed by atoms with van der Waals surface area (Å²) in [5.74, 6) is 0.243. The number of carbonyl (C=O) groups excluding carboxylic acids is 1. The van der Waals surface area contributed by atoms with E-state index in [1.807, 2.05) is 6.26 Å². The van der Waals surface area contributed by atoms with Crippen LogP contribution in [0.25, 0.3) is 0 Å². The molecular weight excluding hydrogens is 267 g/mol. The van der Waals surface area contributed by atoms with E-state index in [9.17, 15) is 14.3 Å². The Morgan fingerprint density at radius 2 is 2.00 bits per heavy atom. The Labute approximate surface area is 116 Å². The van der Waals surface area contributed by atoms with Gasteiger partial charge in [0.05, 0.1) is 5.60 Å². The van der Waals surface area contributed by atoms with Crippen molar-refractivity contribution in [2.75, 3.05) is 18.6 Å². The van der Waals surface area contributed by atoms with Gasteiger partial charge in [-0.2, -0.15) is 11.8 Å². The van der Waals surface area contributed by atoms with Gasteiger partial charge in [0.1, 0.15) is 5.82 Å². The second-order valence-corrected chi connectivity index (χ2v) is 5.46. The summed E-state index contributed by atoms with van der Waals surface area (Å²) in [6.07, 6.45) is 1.89. The molecule has 0 unspecified atom stereocenters. The predicted octanol–water partition coefficient (Wildman–Crippen LogP) is 1.74. The van der Waals surface area contributed by atoms with Crippen LogP contribution in [0, 0.1) is 5.82 Å². The van der Waals surface area contributed by atoms with Gasteiger partial charge < -0.3 is 15.7 Å². The van der Waals surface area contributed by atoms with E-state index >= 15 is 0 Å². The molecule has 0 radical (unpaired) electrons. The quantitative estimate of drug-likeness (QED) is 0.746. The van der Waals surface area contributed by atoms with Crippen molar-refractivity contribution in [3.8, 4) is 0 Å². The first-order valence-corrected chi connectivity index (χ1v) is 7.30. The van der Waals surface area contributed by atoms with Gasteiger partial charge in [0.15, 0.2) is 0 Å². The van der Waals surface area contributed by atoms with Crippen molar-refractivity contribution >= 4 is 17.8 Å². The second-order valence-electron chi connectivity index (χ2n) is 4.59. The van der Waals surface area contributed by atoms with Crippen LogP contribution in [0.4, 0.5) is 9.18 Å². The lowest BCUT2D eigenvalue weighted by Gasteiger charge is -2.22. The van der Waals surface area contributed by atoms with Crippen molar-refractivity contribution in [1.29, 1.82) is 0 Å². The molecule has 1 atom stereocenters. The number of urea groups is 1.